The lowest BCUT2D eigenvalue weighted by Crippen LogP contribution is -2.32. The zero-order valence-electron chi connectivity index (χ0n) is 26.5. The van der Waals surface area contributed by atoms with Crippen molar-refractivity contribution in [2.24, 2.45) is 29.6 Å². The summed E-state index contributed by atoms with van der Waals surface area (Å²) in [6.07, 6.45) is 19.8. The van der Waals surface area contributed by atoms with Crippen LogP contribution in [-0.2, 0) is 14.3 Å². The summed E-state index contributed by atoms with van der Waals surface area (Å²) in [5, 5.41) is 9.12. The Morgan fingerprint density at radius 3 is 2.17 bits per heavy atom. The maximum atomic E-state index is 15.4. The average Bonchev–Trinajstić information content (AvgIpc) is 3.03. The fourth-order valence-electron chi connectivity index (χ4n) is 8.47. The number of carbonyl (C=O) groups is 1. The van der Waals surface area contributed by atoms with E-state index in [1.54, 1.807) is 7.11 Å². The number of hydrogen-bond acceptors (Lipinski definition) is 4. The molecule has 0 heterocycles. The molecule has 0 spiro atoms. The van der Waals surface area contributed by atoms with Crippen LogP contribution in [0, 0.1) is 35.4 Å². The standard InChI is InChI=1S/C37H57FO4/c1-4-5-6-7-27-8-10-30(11-9-27)33-20-21-35(36(38)22-33)32-18-16-29(17-19-32)28-12-14-31(15-13-28)34(24-41-3)25-42-37(40)26(2)23-39/h20-22,27-32,34,39H,2,4-19,23-25H2,1,3H3. The monoisotopic (exact) mass is 584 g/mol. The number of ether oxygens (including phenoxy) is 2. The summed E-state index contributed by atoms with van der Waals surface area (Å²) in [6, 6.07) is 6.27. The molecule has 1 atom stereocenters. The first-order valence-corrected chi connectivity index (χ1v) is 17.2. The van der Waals surface area contributed by atoms with Gasteiger partial charge >= 0.3 is 5.97 Å². The van der Waals surface area contributed by atoms with E-state index in [4.69, 9.17) is 14.6 Å². The molecule has 3 fully saturated rings. The van der Waals surface area contributed by atoms with E-state index >= 15 is 4.39 Å². The van der Waals surface area contributed by atoms with Gasteiger partial charge in [0.05, 0.1) is 25.4 Å². The molecule has 1 unspecified atom stereocenters. The molecule has 3 saturated carbocycles. The van der Waals surface area contributed by atoms with E-state index in [-0.39, 0.29) is 23.9 Å². The molecule has 0 aromatic heterocycles. The number of aliphatic hydroxyl groups excluding tert-OH is 1. The van der Waals surface area contributed by atoms with Crippen LogP contribution in [-0.4, -0.2) is 38.0 Å². The first kappa shape index (κ1) is 33.2. The molecular weight excluding hydrogens is 527 g/mol. The van der Waals surface area contributed by atoms with Gasteiger partial charge in [-0.05, 0) is 130 Å². The Kier molecular flexibility index (Phi) is 13.4. The van der Waals surface area contributed by atoms with Gasteiger partial charge < -0.3 is 14.6 Å². The Hall–Kier alpha value is -1.72. The quantitative estimate of drug-likeness (QED) is 0.135. The summed E-state index contributed by atoms with van der Waals surface area (Å²) in [7, 11) is 1.70. The van der Waals surface area contributed by atoms with Crippen molar-refractivity contribution in [2.75, 3.05) is 26.9 Å². The van der Waals surface area contributed by atoms with Crippen molar-refractivity contribution in [1.29, 1.82) is 0 Å². The molecule has 0 saturated heterocycles. The second kappa shape index (κ2) is 16.9. The third kappa shape index (κ3) is 9.14. The van der Waals surface area contributed by atoms with Crippen LogP contribution in [0.15, 0.2) is 30.4 Å². The molecule has 0 amide bonds. The highest BCUT2D eigenvalue weighted by Crippen LogP contribution is 2.46. The third-order valence-electron chi connectivity index (χ3n) is 11.2. The molecule has 5 heteroatoms. The number of carbonyl (C=O) groups excluding carboxylic acids is 1. The van der Waals surface area contributed by atoms with E-state index in [9.17, 15) is 4.79 Å². The van der Waals surface area contributed by atoms with Crippen LogP contribution in [0.25, 0.3) is 0 Å². The van der Waals surface area contributed by atoms with E-state index in [2.05, 4.69) is 25.6 Å². The molecule has 3 aliphatic carbocycles. The van der Waals surface area contributed by atoms with Crippen molar-refractivity contribution in [3.05, 3.63) is 47.3 Å². The molecule has 3 aliphatic rings. The summed E-state index contributed by atoms with van der Waals surface area (Å²) in [6.45, 7) is 6.35. The largest absolute Gasteiger partial charge is 0.462 e. The van der Waals surface area contributed by atoms with E-state index in [0.717, 1.165) is 49.0 Å². The summed E-state index contributed by atoms with van der Waals surface area (Å²) in [5.74, 6) is 3.44. The number of methoxy groups -OCH3 is 1. The summed E-state index contributed by atoms with van der Waals surface area (Å²) in [5.41, 5.74) is 2.28. The second-order valence-electron chi connectivity index (χ2n) is 13.9. The van der Waals surface area contributed by atoms with Crippen molar-refractivity contribution >= 4 is 5.97 Å². The molecule has 42 heavy (non-hydrogen) atoms. The van der Waals surface area contributed by atoms with Gasteiger partial charge in [0.1, 0.15) is 5.82 Å². The maximum absolute atomic E-state index is 15.4. The van der Waals surface area contributed by atoms with Crippen molar-refractivity contribution in [3.8, 4) is 0 Å². The van der Waals surface area contributed by atoms with Crippen LogP contribution in [0.1, 0.15) is 133 Å². The SMILES string of the molecule is C=C(CO)C(=O)OCC(COC)C1CCC(C2CCC(c3ccc(C4CCC(CCCCC)CC4)cc3F)CC2)CC1. The zero-order valence-corrected chi connectivity index (χ0v) is 26.5. The molecule has 236 valence electrons. The highest BCUT2D eigenvalue weighted by Gasteiger charge is 2.35. The highest BCUT2D eigenvalue weighted by molar-refractivity contribution is 5.87. The lowest BCUT2D eigenvalue weighted by Gasteiger charge is -2.39. The lowest BCUT2D eigenvalue weighted by atomic mass is 9.67. The highest BCUT2D eigenvalue weighted by atomic mass is 19.1. The minimum absolute atomic E-state index is 0.0361. The first-order chi connectivity index (χ1) is 20.4. The van der Waals surface area contributed by atoms with Crippen molar-refractivity contribution in [3.63, 3.8) is 0 Å². The number of halogens is 1. The predicted molar refractivity (Wildman–Crippen MR) is 168 cm³/mol. The van der Waals surface area contributed by atoms with E-state index < -0.39 is 5.97 Å². The van der Waals surface area contributed by atoms with Gasteiger partial charge in [0.2, 0.25) is 0 Å². The molecular formula is C37H57FO4. The number of aliphatic hydroxyl groups is 1. The van der Waals surface area contributed by atoms with Crippen LogP contribution < -0.4 is 0 Å². The van der Waals surface area contributed by atoms with Crippen LogP contribution in [0.2, 0.25) is 0 Å². The van der Waals surface area contributed by atoms with Crippen molar-refractivity contribution in [2.45, 2.75) is 121 Å². The summed E-state index contributed by atoms with van der Waals surface area (Å²) >= 11 is 0. The van der Waals surface area contributed by atoms with Gasteiger partial charge in [-0.1, -0.05) is 51.3 Å². The summed E-state index contributed by atoms with van der Waals surface area (Å²) in [4.78, 5) is 12.0. The van der Waals surface area contributed by atoms with Crippen molar-refractivity contribution in [1.82, 2.24) is 0 Å². The van der Waals surface area contributed by atoms with E-state index in [1.807, 2.05) is 6.07 Å². The number of rotatable bonds is 14. The van der Waals surface area contributed by atoms with E-state index in [0.29, 0.717) is 31.0 Å². The molecule has 1 N–H and O–H groups in total. The molecule has 4 nitrogen and oxygen atoms in total. The molecule has 0 aliphatic heterocycles. The Balaban J connectivity index is 1.21. The van der Waals surface area contributed by atoms with Gasteiger partial charge in [0.25, 0.3) is 0 Å². The topological polar surface area (TPSA) is 55.8 Å². The fraction of sp³-hybridized carbons (Fsp3) is 0.757. The minimum atomic E-state index is -0.518. The Morgan fingerprint density at radius 1 is 0.929 bits per heavy atom. The predicted octanol–water partition coefficient (Wildman–Crippen LogP) is 9.11. The lowest BCUT2D eigenvalue weighted by molar-refractivity contribution is -0.142. The van der Waals surface area contributed by atoms with Gasteiger partial charge in [-0.15, -0.1) is 0 Å². The number of hydrogen-bond donors (Lipinski definition) is 1. The third-order valence-corrected chi connectivity index (χ3v) is 11.2. The van der Waals surface area contributed by atoms with Crippen LogP contribution in [0.4, 0.5) is 4.39 Å². The Labute approximate surface area is 254 Å². The Bertz CT molecular complexity index is 968. The molecule has 1 aromatic carbocycles. The number of benzene rings is 1. The van der Waals surface area contributed by atoms with Gasteiger partial charge in [-0.3, -0.25) is 0 Å². The summed E-state index contributed by atoms with van der Waals surface area (Å²) < 4.78 is 26.3. The van der Waals surface area contributed by atoms with Gasteiger partial charge in [0, 0.05) is 13.0 Å². The van der Waals surface area contributed by atoms with Crippen LogP contribution >= 0.6 is 0 Å². The molecule has 0 bridgehead atoms. The molecule has 0 radical (unpaired) electrons. The minimum Gasteiger partial charge on any atom is -0.462 e. The smallest absolute Gasteiger partial charge is 0.335 e. The molecule has 1 aromatic rings. The van der Waals surface area contributed by atoms with Gasteiger partial charge in [-0.2, -0.15) is 0 Å². The van der Waals surface area contributed by atoms with Gasteiger partial charge in [0.15, 0.2) is 0 Å². The normalized spacial score (nSPS) is 29.1. The number of unbranched alkanes of at least 4 members (excludes halogenated alkanes) is 2. The van der Waals surface area contributed by atoms with Gasteiger partial charge in [-0.25, -0.2) is 9.18 Å². The fourth-order valence-corrected chi connectivity index (χ4v) is 8.47. The average molecular weight is 585 g/mol. The Morgan fingerprint density at radius 2 is 1.57 bits per heavy atom. The molecule has 4 rings (SSSR count). The van der Waals surface area contributed by atoms with Crippen molar-refractivity contribution < 1.29 is 23.8 Å². The first-order valence-electron chi connectivity index (χ1n) is 17.2. The maximum Gasteiger partial charge on any atom is 0.335 e. The zero-order chi connectivity index (χ0) is 29.9. The van der Waals surface area contributed by atoms with Crippen LogP contribution in [0.5, 0.6) is 0 Å². The number of esters is 1. The van der Waals surface area contributed by atoms with Crippen LogP contribution in [0.3, 0.4) is 0 Å². The second-order valence-corrected chi connectivity index (χ2v) is 13.9. The van der Waals surface area contributed by atoms with E-state index in [1.165, 1.54) is 82.6 Å².